The van der Waals surface area contributed by atoms with Crippen molar-refractivity contribution in [2.45, 2.75) is 20.0 Å². The van der Waals surface area contributed by atoms with Crippen LogP contribution in [0.3, 0.4) is 0 Å². The highest BCUT2D eigenvalue weighted by molar-refractivity contribution is 6.33. The van der Waals surface area contributed by atoms with Gasteiger partial charge in [0.25, 0.3) is 5.91 Å². The fraction of sp³-hybridized carbons (Fsp3) is 0.167. The minimum Gasteiger partial charge on any atom is -0.449 e. The van der Waals surface area contributed by atoms with Gasteiger partial charge < -0.3 is 21.1 Å². The van der Waals surface area contributed by atoms with Crippen LogP contribution in [0.15, 0.2) is 42.5 Å². The molecule has 0 radical (unpaired) electrons. The molecule has 0 aliphatic rings. The number of esters is 1. The van der Waals surface area contributed by atoms with E-state index in [2.05, 4.69) is 10.6 Å². The predicted molar refractivity (Wildman–Crippen MR) is 100 cm³/mol. The van der Waals surface area contributed by atoms with Crippen molar-refractivity contribution in [2.24, 2.45) is 0 Å². The van der Waals surface area contributed by atoms with Crippen LogP contribution in [0.25, 0.3) is 0 Å². The second-order valence-electron chi connectivity index (χ2n) is 5.53. The first-order chi connectivity index (χ1) is 12.3. The second kappa shape index (κ2) is 8.35. The van der Waals surface area contributed by atoms with Crippen molar-refractivity contribution in [3.8, 4) is 0 Å². The van der Waals surface area contributed by atoms with E-state index in [1.807, 2.05) is 0 Å². The van der Waals surface area contributed by atoms with Gasteiger partial charge in [-0.3, -0.25) is 9.59 Å². The zero-order chi connectivity index (χ0) is 19.3. The summed E-state index contributed by atoms with van der Waals surface area (Å²) in [5, 5.41) is 5.57. The maximum atomic E-state index is 12.2. The van der Waals surface area contributed by atoms with E-state index < -0.39 is 18.0 Å². The number of benzene rings is 2. The van der Waals surface area contributed by atoms with Crippen molar-refractivity contribution in [2.75, 3.05) is 16.4 Å². The average Bonchev–Trinajstić information content (AvgIpc) is 2.58. The van der Waals surface area contributed by atoms with Gasteiger partial charge in [-0.2, -0.15) is 0 Å². The molecule has 136 valence electrons. The fourth-order valence-electron chi connectivity index (χ4n) is 2.04. The number of nitrogen functional groups attached to an aromatic ring is 1. The smallest absolute Gasteiger partial charge is 0.338 e. The molecule has 4 N–H and O–H groups in total. The van der Waals surface area contributed by atoms with Crippen molar-refractivity contribution in [3.05, 3.63) is 53.1 Å². The molecule has 26 heavy (non-hydrogen) atoms. The highest BCUT2D eigenvalue weighted by Gasteiger charge is 2.19. The lowest BCUT2D eigenvalue weighted by Gasteiger charge is -2.14. The minimum atomic E-state index is -1.02. The third kappa shape index (κ3) is 5.22. The Bertz CT molecular complexity index is 837. The van der Waals surface area contributed by atoms with Crippen molar-refractivity contribution >= 4 is 46.4 Å². The lowest BCUT2D eigenvalue weighted by molar-refractivity contribution is -0.123. The van der Waals surface area contributed by atoms with Gasteiger partial charge in [0.15, 0.2) is 6.10 Å². The van der Waals surface area contributed by atoms with Gasteiger partial charge >= 0.3 is 5.97 Å². The molecule has 2 rings (SSSR count). The van der Waals surface area contributed by atoms with E-state index in [-0.39, 0.29) is 17.2 Å². The third-order valence-electron chi connectivity index (χ3n) is 3.36. The quantitative estimate of drug-likeness (QED) is 0.549. The molecule has 0 spiro atoms. The molecule has 0 heterocycles. The van der Waals surface area contributed by atoms with Gasteiger partial charge in [0.1, 0.15) is 0 Å². The second-order valence-corrected chi connectivity index (χ2v) is 5.94. The Kier molecular flexibility index (Phi) is 6.19. The van der Waals surface area contributed by atoms with E-state index in [0.29, 0.717) is 16.4 Å². The summed E-state index contributed by atoms with van der Waals surface area (Å²) in [5.74, 6) is -1.37. The lowest BCUT2D eigenvalue weighted by atomic mass is 10.2. The Labute approximate surface area is 155 Å². The van der Waals surface area contributed by atoms with Gasteiger partial charge in [-0.1, -0.05) is 11.6 Å². The molecule has 0 aromatic heterocycles. The number of hydrogen-bond acceptors (Lipinski definition) is 5. The van der Waals surface area contributed by atoms with Crippen LogP contribution >= 0.6 is 11.6 Å². The van der Waals surface area contributed by atoms with Crippen LogP contribution in [0, 0.1) is 0 Å². The van der Waals surface area contributed by atoms with Crippen LogP contribution < -0.4 is 16.4 Å². The molecule has 7 nitrogen and oxygen atoms in total. The van der Waals surface area contributed by atoms with E-state index in [9.17, 15) is 14.4 Å². The van der Waals surface area contributed by atoms with E-state index in [1.54, 1.807) is 24.3 Å². The summed E-state index contributed by atoms with van der Waals surface area (Å²) in [6.07, 6.45) is -1.02. The molecule has 1 atom stereocenters. The number of anilines is 3. The molecular formula is C18H18ClN3O4. The van der Waals surface area contributed by atoms with Crippen LogP contribution in [0.5, 0.6) is 0 Å². The summed E-state index contributed by atoms with van der Waals surface area (Å²) < 4.78 is 5.14. The highest BCUT2D eigenvalue weighted by atomic mass is 35.5. The van der Waals surface area contributed by atoms with Crippen molar-refractivity contribution in [1.29, 1.82) is 0 Å². The number of carbonyl (C=O) groups excluding carboxylic acids is 3. The third-order valence-corrected chi connectivity index (χ3v) is 3.70. The van der Waals surface area contributed by atoms with Crippen molar-refractivity contribution in [1.82, 2.24) is 0 Å². The van der Waals surface area contributed by atoms with E-state index >= 15 is 0 Å². The number of hydrogen-bond donors (Lipinski definition) is 3. The highest BCUT2D eigenvalue weighted by Crippen LogP contribution is 2.20. The molecule has 2 aromatic carbocycles. The molecule has 0 saturated carbocycles. The maximum absolute atomic E-state index is 12.2. The largest absolute Gasteiger partial charge is 0.449 e. The molecule has 0 aliphatic heterocycles. The van der Waals surface area contributed by atoms with Gasteiger partial charge in [-0.05, 0) is 49.4 Å². The van der Waals surface area contributed by atoms with Gasteiger partial charge in [0, 0.05) is 18.3 Å². The zero-order valence-electron chi connectivity index (χ0n) is 14.2. The van der Waals surface area contributed by atoms with Crippen LogP contribution in [0.2, 0.25) is 5.02 Å². The number of nitrogens with two attached hydrogens (primary N) is 1. The average molecular weight is 376 g/mol. The zero-order valence-corrected chi connectivity index (χ0v) is 15.0. The normalized spacial score (nSPS) is 11.3. The summed E-state index contributed by atoms with van der Waals surface area (Å²) in [6, 6.07) is 10.9. The van der Waals surface area contributed by atoms with Crippen molar-refractivity contribution in [3.63, 3.8) is 0 Å². The molecule has 8 heteroatoms. The fourth-order valence-corrected chi connectivity index (χ4v) is 2.15. The first kappa shape index (κ1) is 19.3. The van der Waals surface area contributed by atoms with E-state index in [1.165, 1.54) is 32.0 Å². The molecule has 0 saturated heterocycles. The predicted octanol–water partition coefficient (Wildman–Crippen LogP) is 3.06. The van der Waals surface area contributed by atoms with Crippen LogP contribution in [0.4, 0.5) is 17.1 Å². The first-order valence-electron chi connectivity index (χ1n) is 7.71. The lowest BCUT2D eigenvalue weighted by Crippen LogP contribution is -2.30. The monoisotopic (exact) mass is 375 g/mol. The standard InChI is InChI=1S/C18H18ClN3O4/c1-10(26-18(25)12-3-8-15(19)16(20)9-12)17(24)22-14-6-4-13(5-7-14)21-11(2)23/h3-10H,20H2,1-2H3,(H,21,23)(H,22,24)/t10-/m0/s1. The summed E-state index contributed by atoms with van der Waals surface area (Å²) in [6.45, 7) is 2.86. The maximum Gasteiger partial charge on any atom is 0.338 e. The Morgan fingerprint density at radius 2 is 1.62 bits per heavy atom. The Morgan fingerprint density at radius 1 is 1.04 bits per heavy atom. The summed E-state index contributed by atoms with van der Waals surface area (Å²) in [7, 11) is 0. The van der Waals surface area contributed by atoms with Crippen molar-refractivity contribution < 1.29 is 19.1 Å². The van der Waals surface area contributed by atoms with E-state index in [4.69, 9.17) is 22.1 Å². The topological polar surface area (TPSA) is 111 Å². The van der Waals surface area contributed by atoms with Crippen LogP contribution in [-0.2, 0) is 14.3 Å². The summed E-state index contributed by atoms with van der Waals surface area (Å²) >= 11 is 5.81. The Balaban J connectivity index is 1.95. The molecule has 0 fully saturated rings. The number of ether oxygens (including phenoxy) is 1. The van der Waals surface area contributed by atoms with Gasteiger partial charge in [0.2, 0.25) is 5.91 Å². The van der Waals surface area contributed by atoms with Crippen LogP contribution in [0.1, 0.15) is 24.2 Å². The van der Waals surface area contributed by atoms with Gasteiger partial charge in [-0.15, -0.1) is 0 Å². The summed E-state index contributed by atoms with van der Waals surface area (Å²) in [4.78, 5) is 35.2. The number of amides is 2. The number of halogens is 1. The number of carbonyl (C=O) groups is 3. The molecule has 2 aromatic rings. The SMILES string of the molecule is CC(=O)Nc1ccc(NC(=O)[C@H](C)OC(=O)c2ccc(Cl)c(N)c2)cc1. The van der Waals surface area contributed by atoms with Crippen LogP contribution in [-0.4, -0.2) is 23.9 Å². The molecule has 0 unspecified atom stereocenters. The van der Waals surface area contributed by atoms with E-state index in [0.717, 1.165) is 0 Å². The number of nitrogens with one attached hydrogen (secondary N) is 2. The Hall–Kier alpha value is -3.06. The molecule has 2 amide bonds. The van der Waals surface area contributed by atoms with Gasteiger partial charge in [0.05, 0.1) is 16.3 Å². The first-order valence-corrected chi connectivity index (χ1v) is 8.08. The Morgan fingerprint density at radius 3 is 2.15 bits per heavy atom. The molecule has 0 aliphatic carbocycles. The number of rotatable bonds is 5. The molecule has 0 bridgehead atoms. The minimum absolute atomic E-state index is 0.190. The van der Waals surface area contributed by atoms with Gasteiger partial charge in [-0.25, -0.2) is 4.79 Å². The molecular weight excluding hydrogens is 358 g/mol. The summed E-state index contributed by atoms with van der Waals surface area (Å²) in [5.41, 5.74) is 7.21.